The van der Waals surface area contributed by atoms with Gasteiger partial charge in [0.05, 0.1) is 20.4 Å². The van der Waals surface area contributed by atoms with Crippen LogP contribution < -0.4 is 20.3 Å². The van der Waals surface area contributed by atoms with E-state index in [0.717, 1.165) is 21.9 Å². The first-order valence-electron chi connectivity index (χ1n) is 9.45. The molecule has 0 aliphatic heterocycles. The number of carbonyl (C=O) groups excluding carboxylic acids is 1. The molecule has 30 heavy (non-hydrogen) atoms. The maximum Gasteiger partial charge on any atom is 0.291 e. The fourth-order valence-corrected chi connectivity index (χ4v) is 3.69. The number of aromatic nitrogens is 3. The van der Waals surface area contributed by atoms with Gasteiger partial charge in [-0.05, 0) is 12.1 Å². The standard InChI is InChI=1S/C22H22N4O4/c1-25-22(28)20-16(12-24-25)15-8-4-5-9-17(15)26(20)13-19(27)23-11-14-7-6-10-18(29-2)21(14)30-3/h4-10,12H,11,13H2,1-3H3,(H,23,27). The van der Waals surface area contributed by atoms with E-state index >= 15 is 0 Å². The second-order valence-electron chi connectivity index (χ2n) is 6.87. The van der Waals surface area contributed by atoms with Crippen LogP contribution in [0.1, 0.15) is 5.56 Å². The number of hydrogen-bond acceptors (Lipinski definition) is 5. The lowest BCUT2D eigenvalue weighted by molar-refractivity contribution is -0.121. The summed E-state index contributed by atoms with van der Waals surface area (Å²) >= 11 is 0. The van der Waals surface area contributed by atoms with Gasteiger partial charge in [0.25, 0.3) is 5.56 Å². The number of nitrogens with zero attached hydrogens (tertiary/aromatic N) is 3. The summed E-state index contributed by atoms with van der Waals surface area (Å²) in [7, 11) is 4.72. The van der Waals surface area contributed by atoms with Crippen molar-refractivity contribution >= 4 is 27.7 Å². The molecule has 4 rings (SSSR count). The highest BCUT2D eigenvalue weighted by Gasteiger charge is 2.17. The molecule has 154 valence electrons. The summed E-state index contributed by atoms with van der Waals surface area (Å²) in [6.07, 6.45) is 1.66. The minimum atomic E-state index is -0.244. The molecule has 0 saturated heterocycles. The molecule has 4 aromatic rings. The zero-order valence-corrected chi connectivity index (χ0v) is 17.0. The van der Waals surface area contributed by atoms with E-state index in [2.05, 4.69) is 10.4 Å². The number of ether oxygens (including phenoxy) is 2. The van der Waals surface area contributed by atoms with E-state index in [9.17, 15) is 9.59 Å². The van der Waals surface area contributed by atoms with Crippen molar-refractivity contribution in [2.45, 2.75) is 13.1 Å². The Balaban J connectivity index is 1.66. The number of rotatable bonds is 6. The fraction of sp³-hybridized carbons (Fsp3) is 0.227. The molecule has 0 unspecified atom stereocenters. The van der Waals surface area contributed by atoms with Crippen molar-refractivity contribution in [1.82, 2.24) is 19.7 Å². The van der Waals surface area contributed by atoms with E-state index in [1.807, 2.05) is 36.4 Å². The minimum Gasteiger partial charge on any atom is -0.493 e. The second-order valence-corrected chi connectivity index (χ2v) is 6.87. The molecule has 2 aromatic heterocycles. The van der Waals surface area contributed by atoms with Gasteiger partial charge in [-0.3, -0.25) is 9.59 Å². The van der Waals surface area contributed by atoms with Crippen LogP contribution in [-0.4, -0.2) is 34.5 Å². The zero-order valence-electron chi connectivity index (χ0n) is 17.0. The Morgan fingerprint density at radius 3 is 2.63 bits per heavy atom. The highest BCUT2D eigenvalue weighted by Crippen LogP contribution is 2.30. The van der Waals surface area contributed by atoms with Crippen LogP contribution >= 0.6 is 0 Å². The van der Waals surface area contributed by atoms with E-state index in [0.29, 0.717) is 17.0 Å². The van der Waals surface area contributed by atoms with Gasteiger partial charge in [-0.1, -0.05) is 30.3 Å². The number of para-hydroxylation sites is 2. The number of benzene rings is 2. The normalized spacial score (nSPS) is 11.0. The van der Waals surface area contributed by atoms with Gasteiger partial charge < -0.3 is 19.4 Å². The Kier molecular flexibility index (Phi) is 5.14. The van der Waals surface area contributed by atoms with Gasteiger partial charge in [-0.25, -0.2) is 4.68 Å². The molecule has 0 saturated carbocycles. The summed E-state index contributed by atoms with van der Waals surface area (Å²) in [5.41, 5.74) is 1.83. The summed E-state index contributed by atoms with van der Waals surface area (Å²) in [5.74, 6) is 0.959. The number of hydrogen-bond donors (Lipinski definition) is 1. The largest absolute Gasteiger partial charge is 0.493 e. The van der Waals surface area contributed by atoms with E-state index < -0.39 is 0 Å². The predicted molar refractivity (Wildman–Crippen MR) is 114 cm³/mol. The Bertz CT molecular complexity index is 1310. The molecule has 8 heteroatoms. The topological polar surface area (TPSA) is 87.4 Å². The quantitative estimate of drug-likeness (QED) is 0.531. The maximum absolute atomic E-state index is 12.8. The number of fused-ring (bicyclic) bond motifs is 3. The molecule has 0 fully saturated rings. The van der Waals surface area contributed by atoms with Crippen molar-refractivity contribution in [3.05, 3.63) is 64.6 Å². The van der Waals surface area contributed by atoms with Gasteiger partial charge in [-0.2, -0.15) is 5.10 Å². The van der Waals surface area contributed by atoms with Crippen molar-refractivity contribution in [1.29, 1.82) is 0 Å². The molecule has 0 atom stereocenters. The number of nitrogens with one attached hydrogen (secondary N) is 1. The first-order valence-corrected chi connectivity index (χ1v) is 9.45. The van der Waals surface area contributed by atoms with Crippen molar-refractivity contribution in [2.24, 2.45) is 7.05 Å². The van der Waals surface area contributed by atoms with E-state index in [-0.39, 0.29) is 24.6 Å². The average Bonchev–Trinajstić information content (AvgIpc) is 3.08. The zero-order chi connectivity index (χ0) is 21.3. The molecule has 0 aliphatic carbocycles. The van der Waals surface area contributed by atoms with Crippen molar-refractivity contribution in [2.75, 3.05) is 14.2 Å². The Hall–Kier alpha value is -3.81. The Morgan fingerprint density at radius 2 is 1.87 bits per heavy atom. The van der Waals surface area contributed by atoms with Crippen molar-refractivity contribution in [3.63, 3.8) is 0 Å². The van der Waals surface area contributed by atoms with Crippen molar-refractivity contribution in [3.8, 4) is 11.5 Å². The Morgan fingerprint density at radius 1 is 1.07 bits per heavy atom. The molecular weight excluding hydrogens is 384 g/mol. The van der Waals surface area contributed by atoms with Crippen LogP contribution in [0.2, 0.25) is 0 Å². The van der Waals surface area contributed by atoms with Crippen LogP contribution in [0.3, 0.4) is 0 Å². The highest BCUT2D eigenvalue weighted by molar-refractivity contribution is 6.07. The summed E-state index contributed by atoms with van der Waals surface area (Å²) in [6, 6.07) is 13.1. The molecule has 2 heterocycles. The lowest BCUT2D eigenvalue weighted by Gasteiger charge is -2.13. The number of aryl methyl sites for hydroxylation is 1. The molecule has 1 amide bonds. The van der Waals surface area contributed by atoms with Gasteiger partial charge in [0.2, 0.25) is 5.91 Å². The molecule has 8 nitrogen and oxygen atoms in total. The van der Waals surface area contributed by atoms with Crippen LogP contribution in [-0.2, 0) is 24.9 Å². The van der Waals surface area contributed by atoms with Gasteiger partial charge in [-0.15, -0.1) is 0 Å². The van der Waals surface area contributed by atoms with E-state index in [1.54, 1.807) is 38.1 Å². The molecule has 2 aromatic carbocycles. The van der Waals surface area contributed by atoms with Gasteiger partial charge in [0.1, 0.15) is 12.1 Å². The van der Waals surface area contributed by atoms with Crippen LogP contribution in [0.4, 0.5) is 0 Å². The van der Waals surface area contributed by atoms with Crippen molar-refractivity contribution < 1.29 is 14.3 Å². The minimum absolute atomic E-state index is 0.00947. The summed E-state index contributed by atoms with van der Waals surface area (Å²) in [4.78, 5) is 25.5. The number of amides is 1. The average molecular weight is 406 g/mol. The van der Waals surface area contributed by atoms with Gasteiger partial charge >= 0.3 is 0 Å². The number of carbonyl (C=O) groups is 1. The molecule has 1 N–H and O–H groups in total. The van der Waals surface area contributed by atoms with E-state index in [1.165, 1.54) is 4.68 Å². The van der Waals surface area contributed by atoms with Crippen LogP contribution in [0.5, 0.6) is 11.5 Å². The maximum atomic E-state index is 12.8. The SMILES string of the molecule is COc1cccc(CNC(=O)Cn2c3ccccc3c3cnn(C)c(=O)c32)c1OC. The van der Waals surface area contributed by atoms with Crippen LogP contribution in [0, 0.1) is 0 Å². The highest BCUT2D eigenvalue weighted by atomic mass is 16.5. The summed E-state index contributed by atoms with van der Waals surface area (Å²) < 4.78 is 13.7. The lowest BCUT2D eigenvalue weighted by Crippen LogP contribution is -2.29. The number of methoxy groups -OCH3 is 2. The lowest BCUT2D eigenvalue weighted by atomic mass is 10.2. The molecule has 0 aliphatic rings. The summed E-state index contributed by atoms with van der Waals surface area (Å²) in [6.45, 7) is 0.283. The monoisotopic (exact) mass is 406 g/mol. The third-order valence-corrected chi connectivity index (χ3v) is 5.13. The van der Waals surface area contributed by atoms with Crippen LogP contribution in [0.15, 0.2) is 53.5 Å². The molecule has 0 spiro atoms. The smallest absolute Gasteiger partial charge is 0.291 e. The second kappa shape index (κ2) is 7.90. The summed E-state index contributed by atoms with van der Waals surface area (Å²) in [5, 5.41) is 8.65. The molecular formula is C22H22N4O4. The fourth-order valence-electron chi connectivity index (χ4n) is 3.69. The van der Waals surface area contributed by atoms with Crippen LogP contribution in [0.25, 0.3) is 21.8 Å². The third kappa shape index (κ3) is 3.26. The Labute approximate surface area is 172 Å². The molecule has 0 radical (unpaired) electrons. The third-order valence-electron chi connectivity index (χ3n) is 5.13. The van der Waals surface area contributed by atoms with Gasteiger partial charge in [0, 0.05) is 35.4 Å². The predicted octanol–water partition coefficient (Wildman–Crippen LogP) is 2.22. The first kappa shape index (κ1) is 19.5. The molecule has 0 bridgehead atoms. The van der Waals surface area contributed by atoms with E-state index in [4.69, 9.17) is 9.47 Å². The first-order chi connectivity index (χ1) is 14.5. The van der Waals surface area contributed by atoms with Gasteiger partial charge in [0.15, 0.2) is 11.5 Å².